The average molecular weight is 254 g/mol. The zero-order valence-electron chi connectivity index (χ0n) is 11.3. The molecule has 0 N–H and O–H groups in total. The second kappa shape index (κ2) is 4.61. The Kier molecular flexibility index (Phi) is 2.94. The van der Waals surface area contributed by atoms with Crippen LogP contribution in [0.2, 0.25) is 0 Å². The third kappa shape index (κ3) is 2.07. The van der Waals surface area contributed by atoms with Gasteiger partial charge in [0, 0.05) is 5.41 Å². The van der Waals surface area contributed by atoms with Crippen molar-refractivity contribution in [2.24, 2.45) is 0 Å². The van der Waals surface area contributed by atoms with Crippen LogP contribution in [-0.2, 0) is 5.41 Å². The van der Waals surface area contributed by atoms with Crippen molar-refractivity contribution in [3.05, 3.63) is 59.7 Å². The molecule has 0 aliphatic heterocycles. The Balaban J connectivity index is 1.92. The number of methoxy groups -OCH3 is 2. The van der Waals surface area contributed by atoms with Gasteiger partial charge in [0.2, 0.25) is 0 Å². The Morgan fingerprint density at radius 3 is 1.32 bits per heavy atom. The van der Waals surface area contributed by atoms with Crippen LogP contribution in [0.5, 0.6) is 11.5 Å². The van der Waals surface area contributed by atoms with Crippen LogP contribution in [-0.4, -0.2) is 14.2 Å². The lowest BCUT2D eigenvalue weighted by Crippen LogP contribution is -2.08. The van der Waals surface area contributed by atoms with E-state index >= 15 is 0 Å². The number of ether oxygens (including phenoxy) is 2. The summed E-state index contributed by atoms with van der Waals surface area (Å²) in [5.74, 6) is 1.82. The molecular formula is C17H18O2. The van der Waals surface area contributed by atoms with Gasteiger partial charge >= 0.3 is 0 Å². The van der Waals surface area contributed by atoms with Crippen molar-refractivity contribution in [3.63, 3.8) is 0 Å². The zero-order valence-corrected chi connectivity index (χ0v) is 11.3. The summed E-state index contributed by atoms with van der Waals surface area (Å²) >= 11 is 0. The van der Waals surface area contributed by atoms with Gasteiger partial charge in [-0.05, 0) is 48.2 Å². The van der Waals surface area contributed by atoms with Crippen LogP contribution < -0.4 is 9.47 Å². The average Bonchev–Trinajstić information content (AvgIpc) is 3.29. The molecule has 0 heterocycles. The third-order valence-electron chi connectivity index (χ3n) is 4.04. The summed E-state index contributed by atoms with van der Waals surface area (Å²) in [6.07, 6.45) is 2.43. The van der Waals surface area contributed by atoms with E-state index < -0.39 is 0 Å². The number of hydrogen-bond acceptors (Lipinski definition) is 2. The predicted octanol–water partition coefficient (Wildman–Crippen LogP) is 3.78. The normalized spacial score (nSPS) is 15.9. The van der Waals surface area contributed by atoms with Crippen LogP contribution in [0, 0.1) is 0 Å². The predicted molar refractivity (Wildman–Crippen MR) is 76.0 cm³/mol. The molecule has 19 heavy (non-hydrogen) atoms. The van der Waals surface area contributed by atoms with Crippen LogP contribution in [0.4, 0.5) is 0 Å². The number of rotatable bonds is 4. The first-order chi connectivity index (χ1) is 9.28. The fraction of sp³-hybridized carbons (Fsp3) is 0.294. The molecule has 1 saturated carbocycles. The van der Waals surface area contributed by atoms with E-state index in [9.17, 15) is 0 Å². The second-order valence-corrected chi connectivity index (χ2v) is 5.04. The van der Waals surface area contributed by atoms with Gasteiger partial charge in [-0.3, -0.25) is 0 Å². The van der Waals surface area contributed by atoms with E-state index in [1.807, 2.05) is 24.3 Å². The van der Waals surface area contributed by atoms with Crippen LogP contribution >= 0.6 is 0 Å². The smallest absolute Gasteiger partial charge is 0.118 e. The van der Waals surface area contributed by atoms with E-state index in [-0.39, 0.29) is 5.41 Å². The molecule has 2 aromatic rings. The van der Waals surface area contributed by atoms with Gasteiger partial charge in [0.15, 0.2) is 0 Å². The number of benzene rings is 2. The Hall–Kier alpha value is -1.96. The molecule has 2 heteroatoms. The van der Waals surface area contributed by atoms with Crippen LogP contribution in [0.15, 0.2) is 48.5 Å². The van der Waals surface area contributed by atoms with E-state index in [1.165, 1.54) is 24.0 Å². The molecule has 0 amide bonds. The van der Waals surface area contributed by atoms with Crippen molar-refractivity contribution >= 4 is 0 Å². The van der Waals surface area contributed by atoms with Gasteiger partial charge in [-0.15, -0.1) is 0 Å². The Labute approximate surface area is 114 Å². The van der Waals surface area contributed by atoms with Gasteiger partial charge in [0.1, 0.15) is 11.5 Å². The Morgan fingerprint density at radius 2 is 1.05 bits per heavy atom. The molecule has 0 unspecified atom stereocenters. The molecular weight excluding hydrogens is 236 g/mol. The SMILES string of the molecule is COc1ccc(C2(c3ccc(OC)cc3)CC2)cc1. The molecule has 3 rings (SSSR count). The van der Waals surface area contributed by atoms with Gasteiger partial charge in [-0.2, -0.15) is 0 Å². The standard InChI is InChI=1S/C17H18O2/c1-18-15-7-3-13(4-8-15)17(11-12-17)14-5-9-16(19-2)10-6-14/h3-10H,11-12H2,1-2H3. The molecule has 0 spiro atoms. The van der Waals surface area contributed by atoms with Crippen molar-refractivity contribution in [1.82, 2.24) is 0 Å². The van der Waals surface area contributed by atoms with Gasteiger partial charge in [-0.25, -0.2) is 0 Å². The van der Waals surface area contributed by atoms with Crippen LogP contribution in [0.1, 0.15) is 24.0 Å². The highest BCUT2D eigenvalue weighted by molar-refractivity contribution is 5.47. The molecule has 98 valence electrons. The molecule has 1 aliphatic carbocycles. The Bertz CT molecular complexity index is 501. The van der Waals surface area contributed by atoms with Crippen molar-refractivity contribution in [2.75, 3.05) is 14.2 Å². The second-order valence-electron chi connectivity index (χ2n) is 5.04. The molecule has 0 bridgehead atoms. The monoisotopic (exact) mass is 254 g/mol. The van der Waals surface area contributed by atoms with Crippen molar-refractivity contribution in [3.8, 4) is 11.5 Å². The van der Waals surface area contributed by atoms with Crippen LogP contribution in [0.25, 0.3) is 0 Å². The van der Waals surface area contributed by atoms with E-state index in [0.29, 0.717) is 0 Å². The lowest BCUT2D eigenvalue weighted by molar-refractivity contribution is 0.414. The summed E-state index contributed by atoms with van der Waals surface area (Å²) < 4.78 is 10.4. The molecule has 1 aliphatic rings. The summed E-state index contributed by atoms with van der Waals surface area (Å²) in [6, 6.07) is 16.9. The van der Waals surface area contributed by atoms with Gasteiger partial charge in [-0.1, -0.05) is 24.3 Å². The topological polar surface area (TPSA) is 18.5 Å². The summed E-state index contributed by atoms with van der Waals surface area (Å²) in [6.45, 7) is 0. The first-order valence-corrected chi connectivity index (χ1v) is 6.57. The maximum absolute atomic E-state index is 5.22. The highest BCUT2D eigenvalue weighted by atomic mass is 16.5. The highest BCUT2D eigenvalue weighted by Crippen LogP contribution is 2.53. The summed E-state index contributed by atoms with van der Waals surface area (Å²) in [7, 11) is 3.40. The van der Waals surface area contributed by atoms with Gasteiger partial charge in [0.25, 0.3) is 0 Å². The highest BCUT2D eigenvalue weighted by Gasteiger charge is 2.45. The van der Waals surface area contributed by atoms with Gasteiger partial charge in [0.05, 0.1) is 14.2 Å². The summed E-state index contributed by atoms with van der Waals surface area (Å²) in [5, 5.41) is 0. The lowest BCUT2D eigenvalue weighted by Gasteiger charge is -2.17. The van der Waals surface area contributed by atoms with E-state index in [2.05, 4.69) is 24.3 Å². The molecule has 0 atom stereocenters. The van der Waals surface area contributed by atoms with E-state index in [4.69, 9.17) is 9.47 Å². The Morgan fingerprint density at radius 1 is 0.684 bits per heavy atom. The maximum atomic E-state index is 5.22. The molecule has 1 fully saturated rings. The fourth-order valence-electron chi connectivity index (χ4n) is 2.69. The minimum absolute atomic E-state index is 0.207. The van der Waals surface area contributed by atoms with Crippen molar-refractivity contribution in [1.29, 1.82) is 0 Å². The lowest BCUT2D eigenvalue weighted by atomic mass is 9.88. The minimum atomic E-state index is 0.207. The fourth-order valence-corrected chi connectivity index (χ4v) is 2.69. The summed E-state index contributed by atoms with van der Waals surface area (Å²) in [5.41, 5.74) is 2.95. The van der Waals surface area contributed by atoms with E-state index in [0.717, 1.165) is 11.5 Å². The summed E-state index contributed by atoms with van der Waals surface area (Å²) in [4.78, 5) is 0. The molecule has 2 nitrogen and oxygen atoms in total. The molecule has 0 saturated heterocycles. The minimum Gasteiger partial charge on any atom is -0.497 e. The largest absolute Gasteiger partial charge is 0.497 e. The number of hydrogen-bond donors (Lipinski definition) is 0. The van der Waals surface area contributed by atoms with Crippen LogP contribution in [0.3, 0.4) is 0 Å². The van der Waals surface area contributed by atoms with Crippen molar-refractivity contribution < 1.29 is 9.47 Å². The van der Waals surface area contributed by atoms with E-state index in [1.54, 1.807) is 14.2 Å². The zero-order chi connectivity index (χ0) is 13.3. The quantitative estimate of drug-likeness (QED) is 0.826. The van der Waals surface area contributed by atoms with Crippen molar-refractivity contribution in [2.45, 2.75) is 18.3 Å². The molecule has 0 aromatic heterocycles. The maximum Gasteiger partial charge on any atom is 0.118 e. The third-order valence-corrected chi connectivity index (χ3v) is 4.04. The molecule has 2 aromatic carbocycles. The first-order valence-electron chi connectivity index (χ1n) is 6.57. The molecule has 0 radical (unpaired) electrons. The first kappa shape index (κ1) is 12.1. The van der Waals surface area contributed by atoms with Gasteiger partial charge < -0.3 is 9.47 Å².